The maximum atomic E-state index is 11.3. The molecule has 1 rings (SSSR count). The minimum absolute atomic E-state index is 0.0100. The van der Waals surface area contributed by atoms with Gasteiger partial charge >= 0.3 is 5.97 Å². The number of rotatable bonds is 6. The third-order valence-corrected chi connectivity index (χ3v) is 2.35. The molecule has 1 aliphatic rings. The highest BCUT2D eigenvalue weighted by Gasteiger charge is 2.32. The summed E-state index contributed by atoms with van der Waals surface area (Å²) in [6, 6.07) is -0.929. The Morgan fingerprint density at radius 1 is 1.40 bits per heavy atom. The summed E-state index contributed by atoms with van der Waals surface area (Å²) < 4.78 is 0. The lowest BCUT2D eigenvalue weighted by molar-refractivity contribution is -0.142. The Morgan fingerprint density at radius 3 is 2.40 bits per heavy atom. The maximum absolute atomic E-state index is 11.3. The van der Waals surface area contributed by atoms with Crippen molar-refractivity contribution in [1.82, 2.24) is 5.32 Å². The Kier molecular flexibility index (Phi) is 3.82. The molecule has 0 aromatic carbocycles. The Morgan fingerprint density at radius 2 is 2.00 bits per heavy atom. The molecule has 5 nitrogen and oxygen atoms in total. The number of nitrogens with one attached hydrogen (secondary N) is 1. The SMILES string of the molecule is CC(=O)CC[C@H](NC(=O)C1CC1)C(=O)O. The van der Waals surface area contributed by atoms with E-state index in [0.29, 0.717) is 0 Å². The molecule has 1 fully saturated rings. The summed E-state index contributed by atoms with van der Waals surface area (Å²) in [6.45, 7) is 1.40. The number of carbonyl (C=O) groups excluding carboxylic acids is 2. The van der Waals surface area contributed by atoms with E-state index in [1.165, 1.54) is 6.92 Å². The second-order valence-electron chi connectivity index (χ2n) is 3.91. The summed E-state index contributed by atoms with van der Waals surface area (Å²) in [6.07, 6.45) is 2.03. The van der Waals surface area contributed by atoms with Gasteiger partial charge in [-0.3, -0.25) is 4.79 Å². The van der Waals surface area contributed by atoms with Gasteiger partial charge in [-0.05, 0) is 26.2 Å². The van der Waals surface area contributed by atoms with Crippen LogP contribution in [0.4, 0.5) is 0 Å². The van der Waals surface area contributed by atoms with Crippen molar-refractivity contribution in [2.45, 2.75) is 38.6 Å². The quantitative estimate of drug-likeness (QED) is 0.666. The standard InChI is InChI=1S/C10H15NO4/c1-6(12)2-5-8(10(14)15)11-9(13)7-3-4-7/h7-8H,2-5H2,1H3,(H,11,13)(H,14,15)/t8-/m0/s1. The summed E-state index contributed by atoms with van der Waals surface area (Å²) in [4.78, 5) is 32.8. The van der Waals surface area contributed by atoms with Gasteiger partial charge in [0.05, 0.1) is 0 Å². The van der Waals surface area contributed by atoms with E-state index in [1.807, 2.05) is 0 Å². The number of carboxylic acid groups (broad SMARTS) is 1. The first-order valence-electron chi connectivity index (χ1n) is 5.03. The van der Waals surface area contributed by atoms with Crippen LogP contribution in [0.1, 0.15) is 32.6 Å². The van der Waals surface area contributed by atoms with E-state index < -0.39 is 12.0 Å². The van der Waals surface area contributed by atoms with E-state index in [1.54, 1.807) is 0 Å². The van der Waals surface area contributed by atoms with Gasteiger partial charge < -0.3 is 15.2 Å². The van der Waals surface area contributed by atoms with Crippen LogP contribution in [0.2, 0.25) is 0 Å². The van der Waals surface area contributed by atoms with Gasteiger partial charge in [-0.15, -0.1) is 0 Å². The number of carbonyl (C=O) groups is 3. The summed E-state index contributed by atoms with van der Waals surface area (Å²) in [5, 5.41) is 11.3. The lowest BCUT2D eigenvalue weighted by Crippen LogP contribution is -2.41. The van der Waals surface area contributed by atoms with E-state index in [0.717, 1.165) is 12.8 Å². The third-order valence-electron chi connectivity index (χ3n) is 2.35. The van der Waals surface area contributed by atoms with Crippen molar-refractivity contribution in [3.05, 3.63) is 0 Å². The highest BCUT2D eigenvalue weighted by atomic mass is 16.4. The van der Waals surface area contributed by atoms with Crippen molar-refractivity contribution in [1.29, 1.82) is 0 Å². The van der Waals surface area contributed by atoms with Crippen LogP contribution in [-0.2, 0) is 14.4 Å². The summed E-state index contributed by atoms with van der Waals surface area (Å²) in [5.41, 5.74) is 0. The van der Waals surface area contributed by atoms with Crippen LogP contribution >= 0.6 is 0 Å². The predicted octanol–water partition coefficient (Wildman–Crippen LogP) is 0.335. The number of amides is 1. The summed E-state index contributed by atoms with van der Waals surface area (Å²) in [5.74, 6) is -1.36. The van der Waals surface area contributed by atoms with E-state index in [4.69, 9.17) is 5.11 Å². The molecule has 0 radical (unpaired) electrons. The second-order valence-corrected chi connectivity index (χ2v) is 3.91. The number of hydrogen-bond acceptors (Lipinski definition) is 3. The first-order chi connectivity index (χ1) is 7.00. The van der Waals surface area contributed by atoms with Gasteiger partial charge in [-0.1, -0.05) is 0 Å². The second kappa shape index (κ2) is 4.91. The van der Waals surface area contributed by atoms with Gasteiger partial charge in [0.1, 0.15) is 11.8 Å². The van der Waals surface area contributed by atoms with Gasteiger partial charge in [-0.25, -0.2) is 4.79 Å². The number of aliphatic carboxylic acids is 1. The zero-order chi connectivity index (χ0) is 11.4. The van der Waals surface area contributed by atoms with Gasteiger partial charge in [0, 0.05) is 12.3 Å². The summed E-state index contributed by atoms with van der Waals surface area (Å²) >= 11 is 0. The fourth-order valence-corrected chi connectivity index (χ4v) is 1.24. The monoisotopic (exact) mass is 213 g/mol. The number of carboxylic acids is 1. The fraction of sp³-hybridized carbons (Fsp3) is 0.700. The number of ketones is 1. The molecule has 2 N–H and O–H groups in total. The normalized spacial score (nSPS) is 16.9. The maximum Gasteiger partial charge on any atom is 0.326 e. The fourth-order valence-electron chi connectivity index (χ4n) is 1.24. The molecule has 0 aliphatic heterocycles. The largest absolute Gasteiger partial charge is 0.480 e. The lowest BCUT2D eigenvalue weighted by Gasteiger charge is -2.13. The van der Waals surface area contributed by atoms with Crippen molar-refractivity contribution in [2.75, 3.05) is 0 Å². The molecule has 1 atom stereocenters. The van der Waals surface area contributed by atoms with Crippen molar-refractivity contribution in [2.24, 2.45) is 5.92 Å². The van der Waals surface area contributed by atoms with Gasteiger partial charge in [0.2, 0.25) is 5.91 Å². The molecule has 1 amide bonds. The predicted molar refractivity (Wildman–Crippen MR) is 52.2 cm³/mol. The van der Waals surface area contributed by atoms with Crippen LogP contribution in [-0.4, -0.2) is 28.8 Å². The smallest absolute Gasteiger partial charge is 0.326 e. The van der Waals surface area contributed by atoms with Crippen molar-refractivity contribution in [3.63, 3.8) is 0 Å². The van der Waals surface area contributed by atoms with Crippen molar-refractivity contribution in [3.8, 4) is 0 Å². The summed E-state index contributed by atoms with van der Waals surface area (Å²) in [7, 11) is 0. The molecule has 0 heterocycles. The Bertz CT molecular complexity index is 283. The molecule has 0 aromatic rings. The topological polar surface area (TPSA) is 83.5 Å². The molecule has 1 saturated carbocycles. The van der Waals surface area contributed by atoms with Crippen LogP contribution in [0.3, 0.4) is 0 Å². The Balaban J connectivity index is 2.38. The molecule has 0 bridgehead atoms. The molecule has 0 unspecified atom stereocenters. The van der Waals surface area contributed by atoms with Crippen LogP contribution in [0.5, 0.6) is 0 Å². The molecule has 0 saturated heterocycles. The van der Waals surface area contributed by atoms with E-state index in [2.05, 4.69) is 5.32 Å². The lowest BCUT2D eigenvalue weighted by atomic mass is 10.1. The average molecular weight is 213 g/mol. The number of hydrogen-bond donors (Lipinski definition) is 2. The molecular weight excluding hydrogens is 198 g/mol. The van der Waals surface area contributed by atoms with Gasteiger partial charge in [0.25, 0.3) is 0 Å². The van der Waals surface area contributed by atoms with E-state index in [9.17, 15) is 14.4 Å². The molecule has 84 valence electrons. The van der Waals surface area contributed by atoms with Gasteiger partial charge in [-0.2, -0.15) is 0 Å². The van der Waals surface area contributed by atoms with E-state index >= 15 is 0 Å². The first kappa shape index (κ1) is 11.7. The molecule has 1 aliphatic carbocycles. The van der Waals surface area contributed by atoms with Crippen LogP contribution < -0.4 is 5.32 Å². The van der Waals surface area contributed by atoms with Crippen LogP contribution in [0.25, 0.3) is 0 Å². The average Bonchev–Trinajstić information content (AvgIpc) is 2.93. The molecule has 0 aromatic heterocycles. The number of Topliss-reactive ketones (excluding diaryl/α,β-unsaturated/α-hetero) is 1. The van der Waals surface area contributed by atoms with Crippen molar-refractivity contribution >= 4 is 17.7 Å². The minimum Gasteiger partial charge on any atom is -0.480 e. The highest BCUT2D eigenvalue weighted by Crippen LogP contribution is 2.28. The molecule has 0 spiro atoms. The Labute approximate surface area is 87.8 Å². The molecular formula is C10H15NO4. The Hall–Kier alpha value is -1.39. The van der Waals surface area contributed by atoms with Crippen molar-refractivity contribution < 1.29 is 19.5 Å². The first-order valence-corrected chi connectivity index (χ1v) is 5.03. The molecule has 15 heavy (non-hydrogen) atoms. The van der Waals surface area contributed by atoms with Crippen LogP contribution in [0, 0.1) is 5.92 Å². The molecule has 5 heteroatoms. The van der Waals surface area contributed by atoms with E-state index in [-0.39, 0.29) is 30.4 Å². The highest BCUT2D eigenvalue weighted by molar-refractivity contribution is 5.86. The third kappa shape index (κ3) is 4.10. The van der Waals surface area contributed by atoms with Crippen LogP contribution in [0.15, 0.2) is 0 Å². The van der Waals surface area contributed by atoms with Gasteiger partial charge in [0.15, 0.2) is 0 Å². The zero-order valence-corrected chi connectivity index (χ0v) is 8.66. The zero-order valence-electron chi connectivity index (χ0n) is 8.66. The minimum atomic E-state index is -1.08.